The van der Waals surface area contributed by atoms with Crippen molar-refractivity contribution in [1.82, 2.24) is 9.78 Å². The normalized spacial score (nSPS) is 10.6. The largest absolute Gasteiger partial charge is 0.300 e. The van der Waals surface area contributed by atoms with Crippen LogP contribution < -0.4 is 5.56 Å². The van der Waals surface area contributed by atoms with Crippen molar-refractivity contribution in [1.29, 1.82) is 0 Å². The average molecular weight is 216 g/mol. The summed E-state index contributed by atoms with van der Waals surface area (Å²) in [5.74, 6) is 0. The van der Waals surface area contributed by atoms with E-state index < -0.39 is 0 Å². The zero-order valence-electron chi connectivity index (χ0n) is 9.66. The zero-order chi connectivity index (χ0) is 11.5. The van der Waals surface area contributed by atoms with Gasteiger partial charge in [0.25, 0.3) is 5.56 Å². The van der Waals surface area contributed by atoms with Gasteiger partial charge in [-0.05, 0) is 25.8 Å². The van der Waals surface area contributed by atoms with E-state index in [0.29, 0.717) is 6.54 Å². The van der Waals surface area contributed by atoms with Crippen LogP contribution in [0.5, 0.6) is 0 Å². The molecule has 3 nitrogen and oxygen atoms in total. The number of hydrogen-bond acceptors (Lipinski definition) is 1. The van der Waals surface area contributed by atoms with Crippen molar-refractivity contribution in [2.45, 2.75) is 26.8 Å². The molecule has 1 aromatic carbocycles. The number of aryl methyl sites for hydroxylation is 3. The quantitative estimate of drug-likeness (QED) is 0.837. The Morgan fingerprint density at radius 2 is 1.88 bits per heavy atom. The topological polar surface area (TPSA) is 37.8 Å². The summed E-state index contributed by atoms with van der Waals surface area (Å²) in [6, 6.07) is 10.2. The van der Waals surface area contributed by atoms with Gasteiger partial charge < -0.3 is 0 Å². The van der Waals surface area contributed by atoms with Gasteiger partial charge in [0, 0.05) is 17.8 Å². The molecule has 1 heterocycles. The van der Waals surface area contributed by atoms with Crippen molar-refractivity contribution in [3.8, 4) is 0 Å². The monoisotopic (exact) mass is 216 g/mol. The predicted octanol–water partition coefficient (Wildman–Crippen LogP) is 2.04. The maximum absolute atomic E-state index is 11.7. The maximum atomic E-state index is 11.7. The molecule has 2 rings (SSSR count). The summed E-state index contributed by atoms with van der Waals surface area (Å²) in [6.45, 7) is 4.49. The van der Waals surface area contributed by atoms with E-state index in [1.165, 1.54) is 5.56 Å². The van der Waals surface area contributed by atoms with Crippen molar-refractivity contribution >= 4 is 0 Å². The minimum absolute atomic E-state index is 0.0911. The van der Waals surface area contributed by atoms with Crippen molar-refractivity contribution in [2.24, 2.45) is 0 Å². The third-order valence-corrected chi connectivity index (χ3v) is 2.90. The molecular weight excluding hydrogens is 200 g/mol. The molecule has 0 aliphatic carbocycles. The minimum atomic E-state index is 0.0911. The van der Waals surface area contributed by atoms with E-state index in [2.05, 4.69) is 17.2 Å². The zero-order valence-corrected chi connectivity index (χ0v) is 9.66. The number of aromatic nitrogens is 2. The van der Waals surface area contributed by atoms with E-state index >= 15 is 0 Å². The van der Waals surface area contributed by atoms with Crippen LogP contribution in [0.4, 0.5) is 0 Å². The van der Waals surface area contributed by atoms with Crippen LogP contribution in [-0.4, -0.2) is 9.78 Å². The Kier molecular flexibility index (Phi) is 2.95. The Labute approximate surface area is 94.7 Å². The smallest absolute Gasteiger partial charge is 0.269 e. The third kappa shape index (κ3) is 2.08. The molecule has 0 aliphatic rings. The molecule has 0 fully saturated rings. The van der Waals surface area contributed by atoms with Gasteiger partial charge in [-0.25, -0.2) is 0 Å². The molecule has 1 N–H and O–H groups in total. The lowest BCUT2D eigenvalue weighted by Gasteiger charge is -2.01. The fraction of sp³-hybridized carbons (Fsp3) is 0.308. The standard InChI is InChI=1S/C13H16N2O/c1-10-11(2)14-15(13(10)16)9-8-12-6-4-3-5-7-12/h3-7,14H,8-9H2,1-2H3. The number of benzene rings is 1. The number of H-pyrrole nitrogens is 1. The highest BCUT2D eigenvalue weighted by Gasteiger charge is 2.05. The van der Waals surface area contributed by atoms with E-state index in [4.69, 9.17) is 0 Å². The third-order valence-electron chi connectivity index (χ3n) is 2.90. The van der Waals surface area contributed by atoms with Gasteiger partial charge in [0.15, 0.2) is 0 Å². The van der Waals surface area contributed by atoms with Crippen LogP contribution in [0.2, 0.25) is 0 Å². The lowest BCUT2D eigenvalue weighted by Crippen LogP contribution is -2.19. The second-order valence-electron chi connectivity index (χ2n) is 4.05. The van der Waals surface area contributed by atoms with Crippen LogP contribution in [0.15, 0.2) is 35.1 Å². The van der Waals surface area contributed by atoms with Gasteiger partial charge in [0.05, 0.1) is 0 Å². The van der Waals surface area contributed by atoms with Gasteiger partial charge in [-0.1, -0.05) is 30.3 Å². The number of rotatable bonds is 3. The molecule has 2 aromatic rings. The van der Waals surface area contributed by atoms with Gasteiger partial charge in [0.1, 0.15) is 0 Å². The highest BCUT2D eigenvalue weighted by atomic mass is 16.1. The van der Waals surface area contributed by atoms with Crippen molar-refractivity contribution < 1.29 is 0 Å². The van der Waals surface area contributed by atoms with Gasteiger partial charge >= 0.3 is 0 Å². The Hall–Kier alpha value is -1.77. The molecule has 0 aliphatic heterocycles. The maximum Gasteiger partial charge on any atom is 0.269 e. The molecule has 0 atom stereocenters. The molecule has 0 saturated carbocycles. The van der Waals surface area contributed by atoms with Gasteiger partial charge in [-0.3, -0.25) is 14.6 Å². The molecule has 0 saturated heterocycles. The van der Waals surface area contributed by atoms with Crippen LogP contribution in [0.1, 0.15) is 16.8 Å². The number of hydrogen-bond donors (Lipinski definition) is 1. The first-order valence-corrected chi connectivity index (χ1v) is 5.48. The molecule has 0 spiro atoms. The summed E-state index contributed by atoms with van der Waals surface area (Å²) in [7, 11) is 0. The lowest BCUT2D eigenvalue weighted by molar-refractivity contribution is 0.592. The predicted molar refractivity (Wildman–Crippen MR) is 64.7 cm³/mol. The highest BCUT2D eigenvalue weighted by molar-refractivity contribution is 5.15. The fourth-order valence-electron chi connectivity index (χ4n) is 1.74. The second-order valence-corrected chi connectivity index (χ2v) is 4.05. The fourth-order valence-corrected chi connectivity index (χ4v) is 1.74. The second kappa shape index (κ2) is 4.39. The summed E-state index contributed by atoms with van der Waals surface area (Å²) in [4.78, 5) is 11.7. The van der Waals surface area contributed by atoms with Crippen LogP contribution in [-0.2, 0) is 13.0 Å². The van der Waals surface area contributed by atoms with E-state index in [1.54, 1.807) is 4.68 Å². The molecule has 3 heteroatoms. The first-order valence-electron chi connectivity index (χ1n) is 5.48. The first-order chi connectivity index (χ1) is 7.68. The van der Waals surface area contributed by atoms with Crippen molar-refractivity contribution in [3.63, 3.8) is 0 Å². The van der Waals surface area contributed by atoms with Crippen LogP contribution in [0.25, 0.3) is 0 Å². The van der Waals surface area contributed by atoms with Gasteiger partial charge in [-0.2, -0.15) is 0 Å². The van der Waals surface area contributed by atoms with Gasteiger partial charge in [0.2, 0.25) is 0 Å². The molecule has 0 radical (unpaired) electrons. The van der Waals surface area contributed by atoms with Crippen molar-refractivity contribution in [2.75, 3.05) is 0 Å². The molecule has 84 valence electrons. The summed E-state index contributed by atoms with van der Waals surface area (Å²) >= 11 is 0. The van der Waals surface area contributed by atoms with E-state index in [9.17, 15) is 4.79 Å². The van der Waals surface area contributed by atoms with Crippen molar-refractivity contribution in [3.05, 3.63) is 57.5 Å². The van der Waals surface area contributed by atoms with E-state index in [0.717, 1.165) is 17.7 Å². The van der Waals surface area contributed by atoms with E-state index in [-0.39, 0.29) is 5.56 Å². The number of nitrogens with zero attached hydrogens (tertiary/aromatic N) is 1. The number of nitrogens with one attached hydrogen (secondary N) is 1. The summed E-state index contributed by atoms with van der Waals surface area (Å²) in [5, 5.41) is 3.09. The molecule has 0 amide bonds. The summed E-state index contributed by atoms with van der Waals surface area (Å²) in [6.07, 6.45) is 0.875. The summed E-state index contributed by atoms with van der Waals surface area (Å²) in [5.41, 5.74) is 3.11. The van der Waals surface area contributed by atoms with Crippen LogP contribution in [0.3, 0.4) is 0 Å². The van der Waals surface area contributed by atoms with Gasteiger partial charge in [-0.15, -0.1) is 0 Å². The summed E-state index contributed by atoms with van der Waals surface area (Å²) < 4.78 is 1.68. The molecule has 0 bridgehead atoms. The molecule has 1 aromatic heterocycles. The Morgan fingerprint density at radius 3 is 2.44 bits per heavy atom. The SMILES string of the molecule is Cc1[nH]n(CCc2ccccc2)c(=O)c1C. The number of aromatic amines is 1. The average Bonchev–Trinajstić information content (AvgIpc) is 2.56. The first kappa shape index (κ1) is 10.7. The van der Waals surface area contributed by atoms with Crippen LogP contribution >= 0.6 is 0 Å². The lowest BCUT2D eigenvalue weighted by atomic mass is 10.1. The Bertz CT molecular complexity index is 523. The van der Waals surface area contributed by atoms with Crippen LogP contribution in [0, 0.1) is 13.8 Å². The Morgan fingerprint density at radius 1 is 1.19 bits per heavy atom. The molecule has 0 unspecified atom stereocenters. The van der Waals surface area contributed by atoms with E-state index in [1.807, 2.05) is 32.0 Å². The molecule has 16 heavy (non-hydrogen) atoms. The Balaban J connectivity index is 2.11. The minimum Gasteiger partial charge on any atom is -0.300 e. The molecular formula is C13H16N2O. The highest BCUT2D eigenvalue weighted by Crippen LogP contribution is 2.02.